The average Bonchev–Trinajstić information content (AvgIpc) is 3.11. The number of aromatic nitrogens is 2. The monoisotopic (exact) mass is 348 g/mol. The number of hydrogen-bond donors (Lipinski definition) is 1. The molecule has 0 unspecified atom stereocenters. The summed E-state index contributed by atoms with van der Waals surface area (Å²) in [6.45, 7) is 1.90. The summed E-state index contributed by atoms with van der Waals surface area (Å²) in [7, 11) is 0. The largest absolute Gasteiger partial charge is 0.392 e. The highest BCUT2D eigenvalue weighted by atomic mass is 19.1. The van der Waals surface area contributed by atoms with Gasteiger partial charge in [-0.25, -0.2) is 9.37 Å². The van der Waals surface area contributed by atoms with Crippen LogP contribution < -0.4 is 4.90 Å². The van der Waals surface area contributed by atoms with Crippen molar-refractivity contribution in [3.05, 3.63) is 71.4 Å². The second kappa shape index (κ2) is 6.62. The van der Waals surface area contributed by atoms with E-state index < -0.39 is 0 Å². The third-order valence-corrected chi connectivity index (χ3v) is 4.71. The minimum atomic E-state index is -0.385. The van der Waals surface area contributed by atoms with E-state index in [9.17, 15) is 9.50 Å². The molecule has 1 N–H and O–H groups in total. The Morgan fingerprint density at radius 3 is 2.65 bits per heavy atom. The van der Waals surface area contributed by atoms with Gasteiger partial charge >= 0.3 is 0 Å². The first kappa shape index (κ1) is 16.3. The molecule has 130 valence electrons. The van der Waals surface area contributed by atoms with Crippen LogP contribution in [0, 0.1) is 17.1 Å². The van der Waals surface area contributed by atoms with Crippen LogP contribution >= 0.6 is 0 Å². The number of anilines is 1. The maximum atomic E-state index is 14.3. The molecule has 0 aliphatic carbocycles. The lowest BCUT2D eigenvalue weighted by molar-refractivity contribution is 0.282. The maximum absolute atomic E-state index is 14.3. The molecule has 1 aromatic heterocycles. The van der Waals surface area contributed by atoms with Gasteiger partial charge in [-0.1, -0.05) is 24.3 Å². The molecule has 6 heteroatoms. The number of hydrogen-bond acceptors (Lipinski definition) is 4. The summed E-state index contributed by atoms with van der Waals surface area (Å²) in [5, 5.41) is 18.1. The topological polar surface area (TPSA) is 65.1 Å². The smallest absolute Gasteiger partial charge is 0.147 e. The zero-order valence-corrected chi connectivity index (χ0v) is 14.1. The fourth-order valence-electron chi connectivity index (χ4n) is 3.31. The third-order valence-electron chi connectivity index (χ3n) is 4.71. The molecule has 0 saturated carbocycles. The van der Waals surface area contributed by atoms with Gasteiger partial charge in [0.25, 0.3) is 0 Å². The van der Waals surface area contributed by atoms with E-state index in [1.54, 1.807) is 12.1 Å². The SMILES string of the molecule is N#Cc1ccc(N2CCn3c(-c4ccc(CO)cc4)cnc3C2)c(F)c1. The van der Waals surface area contributed by atoms with Crippen molar-refractivity contribution in [3.63, 3.8) is 0 Å². The van der Waals surface area contributed by atoms with E-state index >= 15 is 0 Å². The summed E-state index contributed by atoms with van der Waals surface area (Å²) in [4.78, 5) is 6.45. The fourth-order valence-corrected chi connectivity index (χ4v) is 3.31. The lowest BCUT2D eigenvalue weighted by Crippen LogP contribution is -2.34. The van der Waals surface area contributed by atoms with Crippen molar-refractivity contribution in [1.29, 1.82) is 5.26 Å². The Morgan fingerprint density at radius 1 is 1.15 bits per heavy atom. The Hall–Kier alpha value is -3.17. The van der Waals surface area contributed by atoms with Crippen LogP contribution in [0.4, 0.5) is 10.1 Å². The highest BCUT2D eigenvalue weighted by Gasteiger charge is 2.22. The van der Waals surface area contributed by atoms with Crippen LogP contribution in [0.2, 0.25) is 0 Å². The third kappa shape index (κ3) is 2.83. The standard InChI is InChI=1S/C20H17FN4O/c21-17-9-15(10-22)3-6-18(17)24-7-8-25-19(11-23-20(25)12-24)16-4-1-14(13-26)2-5-16/h1-6,9,11,26H,7-8,12-13H2. The Kier molecular flexibility index (Phi) is 4.15. The highest BCUT2D eigenvalue weighted by Crippen LogP contribution is 2.28. The molecule has 26 heavy (non-hydrogen) atoms. The number of nitriles is 1. The molecule has 2 heterocycles. The van der Waals surface area contributed by atoms with Crippen LogP contribution in [0.25, 0.3) is 11.3 Å². The second-order valence-corrected chi connectivity index (χ2v) is 6.27. The molecule has 0 saturated heterocycles. The van der Waals surface area contributed by atoms with E-state index in [1.807, 2.05) is 41.4 Å². The van der Waals surface area contributed by atoms with E-state index in [0.717, 1.165) is 22.6 Å². The Labute approximate surface area is 150 Å². The lowest BCUT2D eigenvalue weighted by atomic mass is 10.1. The molecule has 2 aromatic carbocycles. The van der Waals surface area contributed by atoms with Gasteiger partial charge in [-0.3, -0.25) is 0 Å². The van der Waals surface area contributed by atoms with E-state index in [4.69, 9.17) is 5.26 Å². The van der Waals surface area contributed by atoms with Crippen molar-refractivity contribution in [2.24, 2.45) is 0 Å². The van der Waals surface area contributed by atoms with Crippen LogP contribution in [-0.2, 0) is 19.7 Å². The summed E-state index contributed by atoms with van der Waals surface area (Å²) in [5.41, 5.74) is 3.74. The molecular weight excluding hydrogens is 331 g/mol. The number of aliphatic hydroxyl groups excluding tert-OH is 1. The molecule has 1 aliphatic rings. The van der Waals surface area contributed by atoms with Crippen molar-refractivity contribution >= 4 is 5.69 Å². The first-order valence-corrected chi connectivity index (χ1v) is 8.39. The van der Waals surface area contributed by atoms with Crippen LogP contribution in [0.1, 0.15) is 17.0 Å². The summed E-state index contributed by atoms with van der Waals surface area (Å²) >= 11 is 0. The molecule has 5 nitrogen and oxygen atoms in total. The number of aliphatic hydroxyl groups is 1. The van der Waals surface area contributed by atoms with Gasteiger partial charge in [-0.15, -0.1) is 0 Å². The van der Waals surface area contributed by atoms with Crippen molar-refractivity contribution in [2.45, 2.75) is 19.7 Å². The normalized spacial score (nSPS) is 13.3. The minimum Gasteiger partial charge on any atom is -0.392 e. The predicted molar refractivity (Wildman–Crippen MR) is 95.8 cm³/mol. The molecule has 0 bridgehead atoms. The average molecular weight is 348 g/mol. The first-order valence-electron chi connectivity index (χ1n) is 8.39. The Balaban J connectivity index is 1.61. The first-order chi connectivity index (χ1) is 12.7. The molecular formula is C20H17FN4O. The summed E-state index contributed by atoms with van der Waals surface area (Å²) in [6.07, 6.45) is 1.84. The molecule has 4 rings (SSSR count). The number of fused-ring (bicyclic) bond motifs is 1. The Bertz CT molecular complexity index is 988. The van der Waals surface area contributed by atoms with E-state index in [2.05, 4.69) is 9.55 Å². The maximum Gasteiger partial charge on any atom is 0.147 e. The lowest BCUT2D eigenvalue weighted by Gasteiger charge is -2.30. The molecule has 0 radical (unpaired) electrons. The van der Waals surface area contributed by atoms with Gasteiger partial charge in [-0.2, -0.15) is 5.26 Å². The van der Waals surface area contributed by atoms with E-state index in [0.29, 0.717) is 30.9 Å². The van der Waals surface area contributed by atoms with Crippen LogP contribution in [-0.4, -0.2) is 21.2 Å². The molecule has 0 amide bonds. The summed E-state index contributed by atoms with van der Waals surface area (Å²) in [5.74, 6) is 0.491. The molecule has 3 aromatic rings. The van der Waals surface area contributed by atoms with Crippen molar-refractivity contribution in [2.75, 3.05) is 11.4 Å². The zero-order valence-electron chi connectivity index (χ0n) is 14.1. The Morgan fingerprint density at radius 2 is 1.96 bits per heavy atom. The van der Waals surface area contributed by atoms with E-state index in [1.165, 1.54) is 6.07 Å². The summed E-state index contributed by atoms with van der Waals surface area (Å²) in [6, 6.07) is 14.3. The summed E-state index contributed by atoms with van der Waals surface area (Å²) < 4.78 is 16.4. The zero-order chi connectivity index (χ0) is 18.1. The van der Waals surface area contributed by atoms with E-state index in [-0.39, 0.29) is 12.4 Å². The van der Waals surface area contributed by atoms with Crippen molar-refractivity contribution in [3.8, 4) is 17.3 Å². The molecule has 0 fully saturated rings. The number of nitrogens with zero attached hydrogens (tertiary/aromatic N) is 4. The van der Waals surface area contributed by atoms with Gasteiger partial charge in [0.1, 0.15) is 11.6 Å². The number of halogens is 1. The van der Waals surface area contributed by atoms with Crippen LogP contribution in [0.15, 0.2) is 48.7 Å². The number of benzene rings is 2. The second-order valence-electron chi connectivity index (χ2n) is 6.27. The molecule has 1 aliphatic heterocycles. The molecule has 0 atom stereocenters. The van der Waals surface area contributed by atoms with Crippen LogP contribution in [0.5, 0.6) is 0 Å². The van der Waals surface area contributed by atoms with Gasteiger partial charge in [0, 0.05) is 13.1 Å². The van der Waals surface area contributed by atoms with Gasteiger partial charge in [-0.05, 0) is 29.3 Å². The van der Waals surface area contributed by atoms with Crippen LogP contribution in [0.3, 0.4) is 0 Å². The van der Waals surface area contributed by atoms with Gasteiger partial charge in [0.15, 0.2) is 0 Å². The van der Waals surface area contributed by atoms with Crippen molar-refractivity contribution < 1.29 is 9.50 Å². The minimum absolute atomic E-state index is 0.0237. The predicted octanol–water partition coefficient (Wildman–Crippen LogP) is 3.07. The van der Waals surface area contributed by atoms with Crippen molar-refractivity contribution in [1.82, 2.24) is 9.55 Å². The molecule has 0 spiro atoms. The number of rotatable bonds is 3. The quantitative estimate of drug-likeness (QED) is 0.790. The van der Waals surface area contributed by atoms with Gasteiger partial charge in [0.2, 0.25) is 0 Å². The van der Waals surface area contributed by atoms with Gasteiger partial charge in [0.05, 0.1) is 42.4 Å². The van der Waals surface area contributed by atoms with Gasteiger partial charge < -0.3 is 14.6 Å². The fraction of sp³-hybridized carbons (Fsp3) is 0.200. The highest BCUT2D eigenvalue weighted by molar-refractivity contribution is 5.60. The number of imidazole rings is 1.